The quantitative estimate of drug-likeness (QED) is 0.639. The molecule has 29 heavy (non-hydrogen) atoms. The molecule has 1 aliphatic heterocycles. The fourth-order valence-electron chi connectivity index (χ4n) is 3.29. The van der Waals surface area contributed by atoms with E-state index in [1.165, 1.54) is 19.1 Å². The second kappa shape index (κ2) is 8.79. The number of likely N-dealkylation sites (N-methyl/N-ethyl adjacent to an activating group) is 1. The highest BCUT2D eigenvalue weighted by molar-refractivity contribution is 6.36. The van der Waals surface area contributed by atoms with Crippen LogP contribution in [0.25, 0.3) is 5.57 Å². The van der Waals surface area contributed by atoms with Gasteiger partial charge >= 0.3 is 0 Å². The number of rotatable bonds is 8. The summed E-state index contributed by atoms with van der Waals surface area (Å²) in [7, 11) is 6.38. The van der Waals surface area contributed by atoms with Gasteiger partial charge < -0.3 is 19.1 Å². The maximum absolute atomic E-state index is 13.2. The lowest BCUT2D eigenvalue weighted by atomic mass is 10.0. The number of imide groups is 1. The smallest absolute Gasteiger partial charge is 0.278 e. The van der Waals surface area contributed by atoms with E-state index in [0.29, 0.717) is 28.3 Å². The van der Waals surface area contributed by atoms with Crippen molar-refractivity contribution in [2.75, 3.05) is 46.4 Å². The highest BCUT2D eigenvalue weighted by Crippen LogP contribution is 2.37. The zero-order chi connectivity index (χ0) is 21.0. The highest BCUT2D eigenvalue weighted by Gasteiger charge is 2.41. The van der Waals surface area contributed by atoms with Gasteiger partial charge in [0.05, 0.1) is 32.9 Å². The van der Waals surface area contributed by atoms with Gasteiger partial charge in [0.2, 0.25) is 0 Å². The Kier molecular flexibility index (Phi) is 6.19. The van der Waals surface area contributed by atoms with Gasteiger partial charge in [-0.25, -0.2) is 0 Å². The summed E-state index contributed by atoms with van der Waals surface area (Å²) in [5.41, 5.74) is 2.01. The van der Waals surface area contributed by atoms with Crippen molar-refractivity contribution in [2.24, 2.45) is 0 Å². The summed E-state index contributed by atoms with van der Waals surface area (Å²) in [5, 5.41) is 0. The first-order chi connectivity index (χ1) is 14.0. The fourth-order valence-corrected chi connectivity index (χ4v) is 3.29. The Balaban J connectivity index is 2.14. The van der Waals surface area contributed by atoms with Gasteiger partial charge in [0.15, 0.2) is 11.5 Å². The molecule has 0 atom stereocenters. The van der Waals surface area contributed by atoms with Crippen molar-refractivity contribution < 1.29 is 23.8 Å². The average molecular weight is 396 g/mol. The molecule has 0 aromatic heterocycles. The topological polar surface area (TPSA) is 68.3 Å². The molecule has 7 heteroatoms. The van der Waals surface area contributed by atoms with Gasteiger partial charge in [-0.1, -0.05) is 24.3 Å². The molecule has 0 unspecified atom stereocenters. The van der Waals surface area contributed by atoms with E-state index in [0.717, 1.165) is 5.69 Å². The van der Waals surface area contributed by atoms with E-state index in [9.17, 15) is 9.59 Å². The molecule has 3 rings (SSSR count). The van der Waals surface area contributed by atoms with E-state index in [1.54, 1.807) is 37.3 Å². The minimum atomic E-state index is -0.364. The van der Waals surface area contributed by atoms with Crippen LogP contribution in [0.1, 0.15) is 5.56 Å². The Labute approximate surface area is 170 Å². The molecule has 0 N–H and O–H groups in total. The van der Waals surface area contributed by atoms with Crippen LogP contribution >= 0.6 is 0 Å². The summed E-state index contributed by atoms with van der Waals surface area (Å²) >= 11 is 0. The summed E-state index contributed by atoms with van der Waals surface area (Å²) in [6.07, 6.45) is 0. The Hall–Kier alpha value is -3.32. The molecular formula is C22H24N2O5. The first-order valence-corrected chi connectivity index (χ1v) is 9.14. The van der Waals surface area contributed by atoms with Crippen molar-refractivity contribution in [1.29, 1.82) is 0 Å². The van der Waals surface area contributed by atoms with E-state index in [-0.39, 0.29) is 25.0 Å². The van der Waals surface area contributed by atoms with Gasteiger partial charge in [-0.05, 0) is 29.8 Å². The number of hydrogen-bond donors (Lipinski definition) is 0. The Morgan fingerprint density at radius 1 is 0.897 bits per heavy atom. The second-order valence-electron chi connectivity index (χ2n) is 6.44. The second-order valence-corrected chi connectivity index (χ2v) is 6.44. The van der Waals surface area contributed by atoms with E-state index < -0.39 is 0 Å². The molecule has 0 saturated heterocycles. The molecule has 2 amide bonds. The standard InChI is InChI=1S/C22H24N2O5/c1-23(16-8-6-5-7-9-16)20-19(21(25)24(22(20)26)12-13-27-2)15-10-11-17(28-3)18(14-15)29-4/h5-11,14H,12-13H2,1-4H3. The molecule has 0 radical (unpaired) electrons. The normalized spacial score (nSPS) is 13.9. The number of amides is 2. The van der Waals surface area contributed by atoms with Crippen molar-refractivity contribution in [1.82, 2.24) is 4.90 Å². The molecule has 0 bridgehead atoms. The lowest BCUT2D eigenvalue weighted by Crippen LogP contribution is -2.36. The van der Waals surface area contributed by atoms with Crippen LogP contribution in [-0.4, -0.2) is 58.2 Å². The van der Waals surface area contributed by atoms with Gasteiger partial charge in [0.1, 0.15) is 5.70 Å². The summed E-state index contributed by atoms with van der Waals surface area (Å²) in [6, 6.07) is 14.6. The van der Waals surface area contributed by atoms with E-state index in [2.05, 4.69) is 0 Å². The van der Waals surface area contributed by atoms with Crippen molar-refractivity contribution in [3.63, 3.8) is 0 Å². The number of ether oxygens (including phenoxy) is 3. The van der Waals surface area contributed by atoms with Gasteiger partial charge in [-0.2, -0.15) is 0 Å². The Morgan fingerprint density at radius 3 is 2.21 bits per heavy atom. The third-order valence-electron chi connectivity index (χ3n) is 4.81. The molecule has 1 aliphatic rings. The third kappa shape index (κ3) is 3.82. The van der Waals surface area contributed by atoms with Crippen LogP contribution in [0, 0.1) is 0 Å². The number of nitrogens with zero attached hydrogens (tertiary/aromatic N) is 2. The first kappa shape index (κ1) is 20.4. The van der Waals surface area contributed by atoms with Crippen molar-refractivity contribution in [3.8, 4) is 11.5 Å². The zero-order valence-electron chi connectivity index (χ0n) is 17.0. The van der Waals surface area contributed by atoms with Gasteiger partial charge in [0.25, 0.3) is 11.8 Å². The fraction of sp³-hybridized carbons (Fsp3) is 0.273. The predicted molar refractivity (Wildman–Crippen MR) is 110 cm³/mol. The minimum absolute atomic E-state index is 0.178. The molecule has 2 aromatic rings. The van der Waals surface area contributed by atoms with Crippen molar-refractivity contribution in [3.05, 3.63) is 59.8 Å². The number of benzene rings is 2. The molecule has 0 aliphatic carbocycles. The van der Waals surface area contributed by atoms with Gasteiger partial charge in [-0.15, -0.1) is 0 Å². The maximum Gasteiger partial charge on any atom is 0.278 e. The molecular weight excluding hydrogens is 372 g/mol. The number of anilines is 1. The molecule has 2 aromatic carbocycles. The van der Waals surface area contributed by atoms with Crippen LogP contribution in [0.2, 0.25) is 0 Å². The van der Waals surface area contributed by atoms with Crippen LogP contribution in [0.3, 0.4) is 0 Å². The number of hydrogen-bond acceptors (Lipinski definition) is 6. The number of para-hydroxylation sites is 1. The lowest BCUT2D eigenvalue weighted by Gasteiger charge is -2.21. The lowest BCUT2D eigenvalue weighted by molar-refractivity contribution is -0.137. The molecule has 1 heterocycles. The van der Waals surface area contributed by atoms with E-state index >= 15 is 0 Å². The minimum Gasteiger partial charge on any atom is -0.493 e. The van der Waals surface area contributed by atoms with E-state index in [4.69, 9.17) is 14.2 Å². The van der Waals surface area contributed by atoms with Crippen LogP contribution in [-0.2, 0) is 14.3 Å². The summed E-state index contributed by atoms with van der Waals surface area (Å²) < 4.78 is 15.7. The van der Waals surface area contributed by atoms with Crippen molar-refractivity contribution >= 4 is 23.1 Å². The summed E-state index contributed by atoms with van der Waals surface area (Å²) in [6.45, 7) is 0.441. The zero-order valence-corrected chi connectivity index (χ0v) is 17.0. The summed E-state index contributed by atoms with van der Waals surface area (Å²) in [5.74, 6) is 0.304. The first-order valence-electron chi connectivity index (χ1n) is 9.14. The Morgan fingerprint density at radius 2 is 1.59 bits per heavy atom. The largest absolute Gasteiger partial charge is 0.493 e. The molecule has 0 spiro atoms. The van der Waals surface area contributed by atoms with Crippen molar-refractivity contribution in [2.45, 2.75) is 0 Å². The van der Waals surface area contributed by atoms with E-state index in [1.807, 2.05) is 30.3 Å². The number of carbonyl (C=O) groups excluding carboxylic acids is 2. The summed E-state index contributed by atoms with van der Waals surface area (Å²) in [4.78, 5) is 29.4. The van der Waals surface area contributed by atoms with Crippen LogP contribution < -0.4 is 14.4 Å². The molecule has 152 valence electrons. The van der Waals surface area contributed by atoms with Gasteiger partial charge in [-0.3, -0.25) is 14.5 Å². The SMILES string of the molecule is COCCN1C(=O)C(c2ccc(OC)c(OC)c2)=C(N(C)c2ccccc2)C1=O. The van der Waals surface area contributed by atoms with Gasteiger partial charge in [0, 0.05) is 19.8 Å². The number of carbonyl (C=O) groups is 2. The molecule has 7 nitrogen and oxygen atoms in total. The molecule has 0 saturated carbocycles. The van der Waals surface area contributed by atoms with Crippen LogP contribution in [0.5, 0.6) is 11.5 Å². The Bertz CT molecular complexity index is 939. The average Bonchev–Trinajstić information content (AvgIpc) is 3.01. The number of methoxy groups -OCH3 is 3. The third-order valence-corrected chi connectivity index (χ3v) is 4.81. The van der Waals surface area contributed by atoms with Crippen LogP contribution in [0.4, 0.5) is 5.69 Å². The highest BCUT2D eigenvalue weighted by atomic mass is 16.5. The van der Waals surface area contributed by atoms with Crippen LogP contribution in [0.15, 0.2) is 54.2 Å². The monoisotopic (exact) mass is 396 g/mol. The maximum atomic E-state index is 13.2. The molecule has 0 fully saturated rings. The predicted octanol–water partition coefficient (Wildman–Crippen LogP) is 2.57.